The Morgan fingerprint density at radius 1 is 1.16 bits per heavy atom. The van der Waals surface area contributed by atoms with Gasteiger partial charge in [0.2, 0.25) is 0 Å². The molecule has 4 aromatic heterocycles. The second kappa shape index (κ2) is 11.5. The molecule has 0 amide bonds. The smallest absolute Gasteiger partial charge is 0.138 e. The summed E-state index contributed by atoms with van der Waals surface area (Å²) in [7, 11) is 0. The maximum atomic E-state index is 10.1. The molecule has 0 radical (unpaired) electrons. The predicted molar refractivity (Wildman–Crippen MR) is 166 cm³/mol. The van der Waals surface area contributed by atoms with Crippen LogP contribution in [0.2, 0.25) is 0 Å². The van der Waals surface area contributed by atoms with Gasteiger partial charge in [0.05, 0.1) is 34.8 Å². The second-order valence-electron chi connectivity index (χ2n) is 12.2. The summed E-state index contributed by atoms with van der Waals surface area (Å²) >= 11 is 0. The Kier molecular flexibility index (Phi) is 7.62. The predicted octanol–water partition coefficient (Wildman–Crippen LogP) is 4.41. The van der Waals surface area contributed by atoms with Crippen LogP contribution in [0.1, 0.15) is 44.0 Å². The number of terminal acetylenes is 1. The zero-order valence-corrected chi connectivity index (χ0v) is 24.7. The molecule has 0 saturated carbocycles. The average molecular weight is 574 g/mol. The number of piperazine rings is 1. The maximum Gasteiger partial charge on any atom is 0.138 e. The van der Waals surface area contributed by atoms with Gasteiger partial charge in [-0.1, -0.05) is 18.9 Å². The number of nitrogens with zero attached hydrogens (tertiary/aromatic N) is 7. The van der Waals surface area contributed by atoms with Crippen LogP contribution in [0.5, 0.6) is 5.75 Å². The Balaban J connectivity index is 1.12. The van der Waals surface area contributed by atoms with E-state index in [1.54, 1.807) is 37.0 Å². The molecule has 3 aliphatic heterocycles. The number of nitriles is 1. The van der Waals surface area contributed by atoms with Gasteiger partial charge < -0.3 is 14.7 Å². The highest BCUT2D eigenvalue weighted by molar-refractivity contribution is 5.85. The lowest BCUT2D eigenvalue weighted by molar-refractivity contribution is -0.00743. The minimum atomic E-state index is -0.979. The van der Waals surface area contributed by atoms with E-state index in [1.807, 2.05) is 30.5 Å². The lowest BCUT2D eigenvalue weighted by Gasteiger charge is -2.57. The van der Waals surface area contributed by atoms with Crippen molar-refractivity contribution < 1.29 is 9.84 Å². The Morgan fingerprint density at radius 2 is 1.98 bits per heavy atom. The van der Waals surface area contributed by atoms with Crippen molar-refractivity contribution in [1.29, 1.82) is 5.26 Å². The van der Waals surface area contributed by atoms with Gasteiger partial charge in [-0.25, -0.2) is 9.50 Å². The molecule has 0 spiro atoms. The van der Waals surface area contributed by atoms with Gasteiger partial charge in [-0.2, -0.15) is 10.4 Å². The molecule has 1 N–H and O–H groups in total. The molecule has 3 aliphatic rings. The highest BCUT2D eigenvalue weighted by Crippen LogP contribution is 2.36. The first-order chi connectivity index (χ1) is 20.7. The summed E-state index contributed by atoms with van der Waals surface area (Å²) in [6.45, 7) is 8.67. The van der Waals surface area contributed by atoms with E-state index in [9.17, 15) is 10.4 Å². The Labute approximate surface area is 252 Å². The Morgan fingerprint density at radius 3 is 2.63 bits per heavy atom. The molecule has 9 nitrogen and oxygen atoms in total. The van der Waals surface area contributed by atoms with Crippen LogP contribution in [0.25, 0.3) is 22.7 Å². The molecule has 4 aromatic rings. The average Bonchev–Trinajstić information content (AvgIpc) is 3.44. The number of hydrogen-bond acceptors (Lipinski definition) is 8. The molecule has 2 bridgehead atoms. The highest BCUT2D eigenvalue weighted by Gasteiger charge is 2.44. The van der Waals surface area contributed by atoms with Gasteiger partial charge in [0, 0.05) is 60.8 Å². The largest absolute Gasteiger partial charge is 0.489 e. The van der Waals surface area contributed by atoms with Crippen LogP contribution in [0, 0.1) is 29.6 Å². The summed E-state index contributed by atoms with van der Waals surface area (Å²) in [6.07, 6.45) is 17.8. The number of anilines is 1. The maximum absolute atomic E-state index is 10.1. The number of hydrogen-bond donors (Lipinski definition) is 1. The van der Waals surface area contributed by atoms with Crippen LogP contribution in [-0.4, -0.2) is 73.5 Å². The van der Waals surface area contributed by atoms with Crippen LogP contribution in [-0.2, 0) is 0 Å². The van der Waals surface area contributed by atoms with E-state index in [0.29, 0.717) is 34.8 Å². The third-order valence-electron chi connectivity index (χ3n) is 8.07. The molecule has 0 aliphatic carbocycles. The first-order valence-electron chi connectivity index (χ1n) is 14.6. The number of aromatic nitrogens is 4. The molecule has 43 heavy (non-hydrogen) atoms. The van der Waals surface area contributed by atoms with Crippen molar-refractivity contribution in [3.05, 3.63) is 78.0 Å². The van der Waals surface area contributed by atoms with Gasteiger partial charge in [-0.3, -0.25) is 9.88 Å². The van der Waals surface area contributed by atoms with Crippen molar-refractivity contribution >= 4 is 17.4 Å². The third kappa shape index (κ3) is 6.10. The van der Waals surface area contributed by atoms with Crippen molar-refractivity contribution in [1.82, 2.24) is 24.5 Å². The summed E-state index contributed by atoms with van der Waals surface area (Å²) in [5.74, 6) is 4.51. The van der Waals surface area contributed by atoms with Crippen LogP contribution in [0.3, 0.4) is 0 Å². The highest BCUT2D eigenvalue weighted by atomic mass is 16.5. The lowest BCUT2D eigenvalue weighted by atomic mass is 9.86. The van der Waals surface area contributed by atoms with E-state index in [1.165, 1.54) is 6.42 Å². The van der Waals surface area contributed by atoms with Gasteiger partial charge >= 0.3 is 0 Å². The number of fused-ring (bicyclic) bond motifs is 3. The van der Waals surface area contributed by atoms with Crippen LogP contribution < -0.4 is 9.64 Å². The van der Waals surface area contributed by atoms with E-state index in [-0.39, 0.29) is 6.61 Å². The minimum absolute atomic E-state index is 0.128. The van der Waals surface area contributed by atoms with Crippen LogP contribution >= 0.6 is 0 Å². The monoisotopic (exact) mass is 573 g/mol. The molecule has 3 fully saturated rings. The first kappa shape index (κ1) is 28.4. The standard InChI is InChI=1S/C34H35N7O2/c1-5-24-7-10-27(36-15-24)9-6-23(2)18-40-28-12-29(40)20-39(19-28)32-11-8-25(16-37-32)31-13-30(43-22-34(3,4)42)21-41-33(31)26(14-35)17-38-41/h1,6-11,13,15-17,21,23,28-29,42H,12,18-20,22H2,2-4H3/b9-6+. The second-order valence-corrected chi connectivity index (χ2v) is 12.2. The summed E-state index contributed by atoms with van der Waals surface area (Å²) in [5.41, 5.74) is 3.58. The lowest BCUT2D eigenvalue weighted by Crippen LogP contribution is -2.69. The van der Waals surface area contributed by atoms with Crippen molar-refractivity contribution in [2.45, 2.75) is 44.9 Å². The molecule has 3 unspecified atom stereocenters. The van der Waals surface area contributed by atoms with Gasteiger partial charge in [0.25, 0.3) is 0 Å². The van der Waals surface area contributed by atoms with Crippen molar-refractivity contribution in [2.75, 3.05) is 31.1 Å². The number of piperidine rings is 1. The quantitative estimate of drug-likeness (QED) is 0.294. The van der Waals surface area contributed by atoms with Gasteiger partial charge in [0.1, 0.15) is 24.2 Å². The fourth-order valence-corrected chi connectivity index (χ4v) is 5.89. The molecular weight excluding hydrogens is 538 g/mol. The van der Waals surface area contributed by atoms with Gasteiger partial charge in [0.15, 0.2) is 0 Å². The van der Waals surface area contributed by atoms with E-state index < -0.39 is 5.60 Å². The van der Waals surface area contributed by atoms with Crippen molar-refractivity contribution in [3.63, 3.8) is 0 Å². The number of aliphatic hydroxyl groups is 1. The van der Waals surface area contributed by atoms with E-state index in [4.69, 9.17) is 16.1 Å². The summed E-state index contributed by atoms with van der Waals surface area (Å²) in [5, 5.41) is 24.2. The molecule has 7 rings (SSSR count). The normalized spacial score (nSPS) is 19.2. The van der Waals surface area contributed by atoms with Gasteiger partial charge in [-0.15, -0.1) is 6.42 Å². The number of pyridine rings is 3. The molecule has 9 heteroatoms. The molecule has 3 saturated heterocycles. The minimum Gasteiger partial charge on any atom is -0.489 e. The summed E-state index contributed by atoms with van der Waals surface area (Å²) in [4.78, 5) is 14.2. The fraction of sp³-hybridized carbons (Fsp3) is 0.353. The molecule has 218 valence electrons. The molecule has 3 atom stereocenters. The SMILES string of the molecule is C#Cc1ccc(/C=C/C(C)CN2C3CC2CN(c2ccc(-c4cc(OCC(C)(C)O)cn5ncc(C#N)c45)cn2)C3)nc1. The fourth-order valence-electron chi connectivity index (χ4n) is 5.89. The number of ether oxygens (including phenoxy) is 1. The Hall–Kier alpha value is -4.70. The van der Waals surface area contributed by atoms with E-state index >= 15 is 0 Å². The summed E-state index contributed by atoms with van der Waals surface area (Å²) in [6, 6.07) is 13.1. The van der Waals surface area contributed by atoms with Crippen molar-refractivity contribution in [2.24, 2.45) is 5.92 Å². The zero-order valence-electron chi connectivity index (χ0n) is 24.7. The van der Waals surface area contributed by atoms with Crippen LogP contribution in [0.15, 0.2) is 61.2 Å². The van der Waals surface area contributed by atoms with E-state index in [2.05, 4.69) is 57.0 Å². The summed E-state index contributed by atoms with van der Waals surface area (Å²) < 4.78 is 7.51. The molecule has 0 aromatic carbocycles. The van der Waals surface area contributed by atoms with Gasteiger partial charge in [-0.05, 0) is 62.6 Å². The zero-order chi connectivity index (χ0) is 30.1. The molecular formula is C34H35N7O2. The van der Waals surface area contributed by atoms with E-state index in [0.717, 1.165) is 47.8 Å². The molecule has 7 heterocycles. The van der Waals surface area contributed by atoms with Crippen molar-refractivity contribution in [3.8, 4) is 35.3 Å². The third-order valence-corrected chi connectivity index (χ3v) is 8.07. The first-order valence-corrected chi connectivity index (χ1v) is 14.6. The Bertz CT molecular complexity index is 1710. The number of rotatable bonds is 9. The van der Waals surface area contributed by atoms with Crippen LogP contribution in [0.4, 0.5) is 5.82 Å². The topological polar surface area (TPSA) is 103 Å².